The van der Waals surface area contributed by atoms with Crippen molar-refractivity contribution in [3.8, 4) is 12.3 Å². The fraction of sp³-hybridized carbons (Fsp3) is 0.600. The number of rotatable bonds is 9. The van der Waals surface area contributed by atoms with Crippen LogP contribution in [0.15, 0.2) is 18.2 Å². The number of hydrogen-bond acceptors (Lipinski definition) is 0. The summed E-state index contributed by atoms with van der Waals surface area (Å²) >= 11 is 2.49. The molecule has 0 bridgehead atoms. The Bertz CT molecular complexity index is 479. The van der Waals surface area contributed by atoms with Crippen LogP contribution < -0.4 is 12.4 Å². The maximum Gasteiger partial charge on any atom is 0.200 e. The Kier molecular flexibility index (Phi) is 11.2. The lowest BCUT2D eigenvalue weighted by Crippen LogP contribution is -3.00. The number of nitrogens with zero attached hydrogens (tertiary/aromatic N) is 1. The number of benzene rings is 1. The van der Waals surface area contributed by atoms with E-state index in [-0.39, 0.29) is 16.5 Å². The first kappa shape index (κ1) is 22.8. The topological polar surface area (TPSA) is 0 Å². The van der Waals surface area contributed by atoms with E-state index >= 15 is 0 Å². The molecule has 0 aliphatic heterocycles. The minimum atomic E-state index is 0. The van der Waals surface area contributed by atoms with E-state index in [1.807, 2.05) is 0 Å². The van der Waals surface area contributed by atoms with Crippen LogP contribution in [-0.2, 0) is 6.54 Å². The van der Waals surface area contributed by atoms with Crippen LogP contribution in [0, 0.1) is 26.2 Å². The smallest absolute Gasteiger partial charge is 0.200 e. The molecule has 0 N–H and O–H groups in total. The molecule has 1 nitrogen and oxygen atoms in total. The van der Waals surface area contributed by atoms with Gasteiger partial charge in [0.15, 0.2) is 0 Å². The lowest BCUT2D eigenvalue weighted by molar-refractivity contribution is -0.940. The molecule has 0 saturated heterocycles. The van der Waals surface area contributed by atoms with Crippen LogP contribution in [0.2, 0.25) is 0 Å². The van der Waals surface area contributed by atoms with Crippen molar-refractivity contribution in [3.63, 3.8) is 0 Å². The Hall–Kier alpha value is -0.240. The summed E-state index contributed by atoms with van der Waals surface area (Å²) in [5, 5.41) is 0. The Morgan fingerprint density at radius 3 is 1.96 bits per heavy atom. The molecule has 1 unspecified atom stereocenters. The summed E-state index contributed by atoms with van der Waals surface area (Å²) < 4.78 is 1.28. The molecular weight excluding hydrogens is 417 g/mol. The van der Waals surface area contributed by atoms with E-state index in [2.05, 4.69) is 74.4 Å². The van der Waals surface area contributed by atoms with Crippen molar-refractivity contribution in [1.29, 1.82) is 0 Å². The van der Waals surface area contributed by atoms with Crippen LogP contribution >= 0.6 is 22.6 Å². The van der Waals surface area contributed by atoms with Crippen LogP contribution in [0.25, 0.3) is 0 Å². The normalized spacial score (nSPS) is 12.3. The highest BCUT2D eigenvalue weighted by atomic mass is 127. The maximum atomic E-state index is 5.86. The average Bonchev–Trinajstić information content (AvgIpc) is 2.52. The number of hydrogen-bond donors (Lipinski definition) is 0. The zero-order valence-electron chi connectivity index (χ0n) is 15.0. The van der Waals surface area contributed by atoms with E-state index in [0.29, 0.717) is 0 Å². The number of unbranched alkanes of at least 4 members (excludes halogenated alkanes) is 2. The van der Waals surface area contributed by atoms with Gasteiger partial charge in [-0.1, -0.05) is 44.9 Å². The summed E-state index contributed by atoms with van der Waals surface area (Å²) in [6, 6.07) is 6.62. The average molecular weight is 448 g/mol. The number of terminal acetylenes is 1. The van der Waals surface area contributed by atoms with Crippen molar-refractivity contribution in [1.82, 2.24) is 0 Å². The van der Waals surface area contributed by atoms with Crippen LogP contribution in [-0.4, -0.2) is 21.6 Å². The maximum absolute atomic E-state index is 5.86. The van der Waals surface area contributed by atoms with E-state index < -0.39 is 0 Å². The molecule has 0 saturated carbocycles. The van der Waals surface area contributed by atoms with Gasteiger partial charge in [-0.15, -0.1) is 6.42 Å². The molecule has 1 aromatic rings. The van der Waals surface area contributed by atoms with E-state index in [1.54, 1.807) is 0 Å². The van der Waals surface area contributed by atoms with E-state index in [0.717, 1.165) is 11.0 Å². The first-order chi connectivity index (χ1) is 10.5. The molecule has 1 aromatic carbocycles. The Labute approximate surface area is 163 Å². The van der Waals surface area contributed by atoms with Crippen LogP contribution in [0.3, 0.4) is 0 Å². The fourth-order valence-electron chi connectivity index (χ4n) is 3.09. The third-order valence-electron chi connectivity index (χ3n) is 4.65. The molecule has 0 fully saturated rings. The molecule has 0 aliphatic carbocycles. The lowest BCUT2D eigenvalue weighted by atomic mass is 10.0. The van der Waals surface area contributed by atoms with Gasteiger partial charge in [0.1, 0.15) is 6.54 Å². The van der Waals surface area contributed by atoms with Gasteiger partial charge in [-0.05, 0) is 43.7 Å². The Balaban J connectivity index is 0.00000484. The van der Waals surface area contributed by atoms with Crippen LogP contribution in [0.1, 0.15) is 56.2 Å². The van der Waals surface area contributed by atoms with Crippen molar-refractivity contribution in [2.75, 3.05) is 13.1 Å². The van der Waals surface area contributed by atoms with Gasteiger partial charge in [0.25, 0.3) is 0 Å². The van der Waals surface area contributed by atoms with E-state index in [4.69, 9.17) is 6.42 Å². The second kappa shape index (κ2) is 11.3. The van der Waals surface area contributed by atoms with Crippen LogP contribution in [0.4, 0.5) is 0 Å². The molecule has 1 atom stereocenters. The quantitative estimate of drug-likeness (QED) is 0.179. The molecule has 0 aliphatic rings. The number of halogens is 2. The van der Waals surface area contributed by atoms with Crippen molar-refractivity contribution in [2.45, 2.75) is 64.0 Å². The van der Waals surface area contributed by atoms with Gasteiger partial charge in [-0.25, -0.2) is 0 Å². The molecule has 0 heterocycles. The molecule has 0 amide bonds. The monoisotopic (exact) mass is 447 g/mol. The van der Waals surface area contributed by atoms with Crippen molar-refractivity contribution < 1.29 is 16.9 Å². The standard InChI is InChI=1S/C20H31IN.ClH/c1-6-9-14-22(15-10-7-2,20(21)8-3)16-19-17(4)12-11-13-18(19)5;/h3,11-13,20H,6-7,9-10,14-16H2,1-2,4-5H3;1H/q+1;/p-1. The van der Waals surface area contributed by atoms with Gasteiger partial charge in [-0.3, -0.25) is 4.48 Å². The van der Waals surface area contributed by atoms with E-state index in [9.17, 15) is 0 Å². The highest BCUT2D eigenvalue weighted by Crippen LogP contribution is 2.28. The Morgan fingerprint density at radius 1 is 1.09 bits per heavy atom. The number of aryl methyl sites for hydroxylation is 2. The highest BCUT2D eigenvalue weighted by molar-refractivity contribution is 14.1. The van der Waals surface area contributed by atoms with Gasteiger partial charge in [0, 0.05) is 28.2 Å². The fourth-order valence-corrected chi connectivity index (χ4v) is 3.85. The van der Waals surface area contributed by atoms with Crippen LogP contribution in [0.5, 0.6) is 0 Å². The summed E-state index contributed by atoms with van der Waals surface area (Å²) in [4.78, 5) is 0. The predicted octanol–water partition coefficient (Wildman–Crippen LogP) is 2.62. The molecule has 130 valence electrons. The summed E-state index contributed by atoms with van der Waals surface area (Å²) in [5.74, 6) is 3.04. The zero-order chi connectivity index (χ0) is 16.6. The SMILES string of the molecule is C#CC(I)[N+](CCCC)(CCCC)Cc1c(C)cccc1C.[Cl-]. The van der Waals surface area contributed by atoms with Gasteiger partial charge < -0.3 is 12.4 Å². The van der Waals surface area contributed by atoms with Crippen molar-refractivity contribution in [3.05, 3.63) is 34.9 Å². The molecular formula is C20H31ClIN. The number of alkyl halides is 1. The molecule has 23 heavy (non-hydrogen) atoms. The minimum absolute atomic E-state index is 0. The van der Waals surface area contributed by atoms with E-state index in [1.165, 1.54) is 55.5 Å². The molecule has 0 spiro atoms. The first-order valence-corrected chi connectivity index (χ1v) is 9.76. The third kappa shape index (κ3) is 6.29. The molecule has 3 heteroatoms. The first-order valence-electron chi connectivity index (χ1n) is 8.51. The highest BCUT2D eigenvalue weighted by Gasteiger charge is 2.34. The minimum Gasteiger partial charge on any atom is -1.00 e. The summed E-state index contributed by atoms with van der Waals surface area (Å²) in [6.45, 7) is 12.4. The third-order valence-corrected chi connectivity index (χ3v) is 6.19. The summed E-state index contributed by atoms with van der Waals surface area (Å²) in [6.07, 6.45) is 10.8. The molecule has 0 radical (unpaired) electrons. The van der Waals surface area contributed by atoms with Gasteiger partial charge in [0.2, 0.25) is 4.05 Å². The van der Waals surface area contributed by atoms with Crippen molar-refractivity contribution in [2.24, 2.45) is 0 Å². The van der Waals surface area contributed by atoms with Crippen molar-refractivity contribution >= 4 is 22.6 Å². The van der Waals surface area contributed by atoms with Gasteiger partial charge in [-0.2, -0.15) is 0 Å². The largest absolute Gasteiger partial charge is 1.00 e. The molecule has 1 rings (SSSR count). The summed E-state index contributed by atoms with van der Waals surface area (Å²) in [7, 11) is 0. The summed E-state index contributed by atoms with van der Waals surface area (Å²) in [5.41, 5.74) is 4.29. The number of quaternary nitrogens is 1. The molecule has 0 aromatic heterocycles. The van der Waals surface area contributed by atoms with Gasteiger partial charge in [0.05, 0.1) is 13.1 Å². The lowest BCUT2D eigenvalue weighted by Gasteiger charge is -2.41. The zero-order valence-corrected chi connectivity index (χ0v) is 18.0. The van der Waals surface area contributed by atoms with Gasteiger partial charge >= 0.3 is 0 Å². The predicted molar refractivity (Wildman–Crippen MR) is 106 cm³/mol. The second-order valence-corrected chi connectivity index (χ2v) is 7.58. The Morgan fingerprint density at radius 2 is 1.57 bits per heavy atom. The second-order valence-electron chi connectivity index (χ2n) is 6.40.